The monoisotopic (exact) mass is 415 g/mol. The number of rotatable bonds is 7. The van der Waals surface area contributed by atoms with Crippen molar-refractivity contribution in [1.29, 1.82) is 0 Å². The SMILES string of the molecule is CCN(CC)C(C)(C)CNC(=O)c1ccc(N2C(=O)CCS2(=O)=O)cc1Cl. The van der Waals surface area contributed by atoms with Crippen molar-refractivity contribution in [3.05, 3.63) is 28.8 Å². The summed E-state index contributed by atoms with van der Waals surface area (Å²) in [7, 11) is -3.67. The Labute approximate surface area is 165 Å². The number of amides is 2. The second kappa shape index (κ2) is 8.16. The zero-order chi connectivity index (χ0) is 20.4. The molecule has 1 fully saturated rings. The van der Waals surface area contributed by atoms with Crippen molar-refractivity contribution in [2.45, 2.75) is 39.7 Å². The van der Waals surface area contributed by atoms with Crippen molar-refractivity contribution < 1.29 is 18.0 Å². The fourth-order valence-electron chi connectivity index (χ4n) is 3.27. The number of benzene rings is 1. The van der Waals surface area contributed by atoms with Gasteiger partial charge < -0.3 is 5.32 Å². The number of nitrogens with zero attached hydrogens (tertiary/aromatic N) is 2. The summed E-state index contributed by atoms with van der Waals surface area (Å²) in [6, 6.07) is 4.21. The molecule has 27 heavy (non-hydrogen) atoms. The minimum atomic E-state index is -3.67. The maximum absolute atomic E-state index is 12.5. The minimum Gasteiger partial charge on any atom is -0.350 e. The van der Waals surface area contributed by atoms with Crippen molar-refractivity contribution in [3.8, 4) is 0 Å². The number of hydrogen-bond donors (Lipinski definition) is 1. The maximum Gasteiger partial charge on any atom is 0.252 e. The van der Waals surface area contributed by atoms with Crippen LogP contribution in [-0.4, -0.2) is 56.1 Å². The molecule has 0 radical (unpaired) electrons. The van der Waals surface area contributed by atoms with E-state index in [-0.39, 0.29) is 39.9 Å². The molecule has 1 heterocycles. The van der Waals surface area contributed by atoms with Gasteiger partial charge >= 0.3 is 0 Å². The van der Waals surface area contributed by atoms with E-state index in [0.29, 0.717) is 6.54 Å². The molecule has 1 aromatic rings. The Morgan fingerprint density at radius 1 is 1.30 bits per heavy atom. The third-order valence-electron chi connectivity index (χ3n) is 4.81. The molecule has 1 saturated heterocycles. The highest BCUT2D eigenvalue weighted by molar-refractivity contribution is 7.94. The first-order valence-electron chi connectivity index (χ1n) is 8.92. The van der Waals surface area contributed by atoms with Crippen molar-refractivity contribution in [2.24, 2.45) is 0 Å². The van der Waals surface area contributed by atoms with E-state index in [1.165, 1.54) is 18.2 Å². The predicted octanol–water partition coefficient (Wildman–Crippen LogP) is 2.26. The van der Waals surface area contributed by atoms with E-state index in [2.05, 4.69) is 37.9 Å². The van der Waals surface area contributed by atoms with Gasteiger partial charge in [-0.1, -0.05) is 25.4 Å². The normalized spacial score (nSPS) is 16.8. The minimum absolute atomic E-state index is 0.0529. The molecule has 2 rings (SSSR count). The van der Waals surface area contributed by atoms with Gasteiger partial charge in [0, 0.05) is 18.5 Å². The van der Waals surface area contributed by atoms with Gasteiger partial charge in [-0.2, -0.15) is 0 Å². The second-order valence-corrected chi connectivity index (χ2v) is 9.40. The van der Waals surface area contributed by atoms with Crippen LogP contribution in [0.15, 0.2) is 18.2 Å². The third-order valence-corrected chi connectivity index (χ3v) is 6.81. The molecule has 7 nitrogen and oxygen atoms in total. The van der Waals surface area contributed by atoms with E-state index in [9.17, 15) is 18.0 Å². The molecule has 0 aromatic heterocycles. The molecule has 0 atom stereocenters. The van der Waals surface area contributed by atoms with E-state index < -0.39 is 15.9 Å². The van der Waals surface area contributed by atoms with Gasteiger partial charge in [0.05, 0.1) is 22.0 Å². The summed E-state index contributed by atoms with van der Waals surface area (Å²) >= 11 is 6.21. The number of anilines is 1. The Balaban J connectivity index is 2.16. The molecule has 1 aromatic carbocycles. The van der Waals surface area contributed by atoms with Crippen LogP contribution >= 0.6 is 11.6 Å². The van der Waals surface area contributed by atoms with Crippen LogP contribution in [0.2, 0.25) is 5.02 Å². The highest BCUT2D eigenvalue weighted by Gasteiger charge is 2.36. The lowest BCUT2D eigenvalue weighted by Crippen LogP contribution is -2.51. The number of likely N-dealkylation sites (N-methyl/N-ethyl adjacent to an activating group) is 1. The number of nitrogens with one attached hydrogen (secondary N) is 1. The quantitative estimate of drug-likeness (QED) is 0.738. The molecule has 0 saturated carbocycles. The first-order valence-corrected chi connectivity index (χ1v) is 10.9. The van der Waals surface area contributed by atoms with Crippen LogP contribution in [0.25, 0.3) is 0 Å². The van der Waals surface area contributed by atoms with Crippen LogP contribution in [0.5, 0.6) is 0 Å². The van der Waals surface area contributed by atoms with Crippen molar-refractivity contribution in [1.82, 2.24) is 10.2 Å². The van der Waals surface area contributed by atoms with Crippen molar-refractivity contribution in [2.75, 3.05) is 29.7 Å². The maximum atomic E-state index is 12.5. The van der Waals surface area contributed by atoms with E-state index >= 15 is 0 Å². The van der Waals surface area contributed by atoms with Crippen LogP contribution < -0.4 is 9.62 Å². The Morgan fingerprint density at radius 3 is 2.41 bits per heavy atom. The number of sulfonamides is 1. The molecule has 9 heteroatoms. The van der Waals surface area contributed by atoms with E-state index in [1.807, 2.05) is 0 Å². The summed E-state index contributed by atoms with van der Waals surface area (Å²) in [4.78, 5) is 26.6. The summed E-state index contributed by atoms with van der Waals surface area (Å²) in [5.74, 6) is -1.06. The summed E-state index contributed by atoms with van der Waals surface area (Å²) in [5.41, 5.74) is 0.170. The lowest BCUT2D eigenvalue weighted by Gasteiger charge is -2.37. The zero-order valence-electron chi connectivity index (χ0n) is 16.1. The molecular weight excluding hydrogens is 390 g/mol. The highest BCUT2D eigenvalue weighted by Crippen LogP contribution is 2.29. The largest absolute Gasteiger partial charge is 0.350 e. The summed E-state index contributed by atoms with van der Waals surface area (Å²) in [6.45, 7) is 10.4. The molecule has 1 aliphatic heterocycles. The first-order chi connectivity index (χ1) is 12.5. The average molecular weight is 416 g/mol. The van der Waals surface area contributed by atoms with E-state index in [0.717, 1.165) is 17.4 Å². The molecule has 150 valence electrons. The van der Waals surface area contributed by atoms with Gasteiger partial charge in [-0.05, 0) is 45.1 Å². The van der Waals surface area contributed by atoms with Gasteiger partial charge in [0.1, 0.15) is 0 Å². The Kier molecular flexibility index (Phi) is 6.55. The van der Waals surface area contributed by atoms with Crippen molar-refractivity contribution in [3.63, 3.8) is 0 Å². The van der Waals surface area contributed by atoms with Gasteiger partial charge in [0.15, 0.2) is 0 Å². The average Bonchev–Trinajstić information content (AvgIpc) is 2.86. The number of carbonyl (C=O) groups excluding carboxylic acids is 2. The summed E-state index contributed by atoms with van der Waals surface area (Å²) < 4.78 is 24.8. The number of hydrogen-bond acceptors (Lipinski definition) is 5. The van der Waals surface area contributed by atoms with Crippen LogP contribution in [0.3, 0.4) is 0 Å². The van der Waals surface area contributed by atoms with Crippen LogP contribution in [0.1, 0.15) is 44.5 Å². The van der Waals surface area contributed by atoms with Crippen LogP contribution in [0, 0.1) is 0 Å². The van der Waals surface area contributed by atoms with E-state index in [4.69, 9.17) is 11.6 Å². The standard InChI is InChI=1S/C18H26ClN3O4S/c1-5-21(6-2)18(3,4)12-20-17(24)14-8-7-13(11-15(14)19)22-16(23)9-10-27(22,25)26/h7-8,11H,5-6,9-10,12H2,1-4H3,(H,20,24). The fraction of sp³-hybridized carbons (Fsp3) is 0.556. The van der Waals surface area contributed by atoms with Gasteiger partial charge in [0.2, 0.25) is 15.9 Å². The number of carbonyl (C=O) groups is 2. The Hall–Kier alpha value is -1.64. The second-order valence-electron chi connectivity index (χ2n) is 7.06. The van der Waals surface area contributed by atoms with Crippen molar-refractivity contribution >= 4 is 39.1 Å². The first kappa shape index (κ1) is 21.7. The fourth-order valence-corrected chi connectivity index (χ4v) is 4.98. The zero-order valence-corrected chi connectivity index (χ0v) is 17.7. The molecule has 2 amide bonds. The van der Waals surface area contributed by atoms with Crippen LogP contribution in [-0.2, 0) is 14.8 Å². The van der Waals surface area contributed by atoms with Gasteiger partial charge in [-0.15, -0.1) is 0 Å². The Bertz CT molecular complexity index is 835. The Morgan fingerprint density at radius 2 is 1.93 bits per heavy atom. The van der Waals surface area contributed by atoms with Gasteiger partial charge in [0.25, 0.3) is 5.91 Å². The predicted molar refractivity (Wildman–Crippen MR) is 107 cm³/mol. The lowest BCUT2D eigenvalue weighted by molar-refractivity contribution is -0.116. The number of halogens is 1. The van der Waals surface area contributed by atoms with E-state index in [1.54, 1.807) is 0 Å². The van der Waals surface area contributed by atoms with Gasteiger partial charge in [-0.25, -0.2) is 12.7 Å². The molecule has 0 bridgehead atoms. The van der Waals surface area contributed by atoms with Crippen LogP contribution in [0.4, 0.5) is 5.69 Å². The third kappa shape index (κ3) is 4.62. The smallest absolute Gasteiger partial charge is 0.252 e. The topological polar surface area (TPSA) is 86.8 Å². The molecular formula is C18H26ClN3O4S. The summed E-state index contributed by atoms with van der Waals surface area (Å²) in [5, 5.41) is 2.98. The lowest BCUT2D eigenvalue weighted by atomic mass is 10.0. The summed E-state index contributed by atoms with van der Waals surface area (Å²) in [6.07, 6.45) is -0.0529. The molecule has 0 aliphatic carbocycles. The molecule has 0 spiro atoms. The van der Waals surface area contributed by atoms with Gasteiger partial charge in [-0.3, -0.25) is 14.5 Å². The molecule has 1 N–H and O–H groups in total. The molecule has 1 aliphatic rings. The highest BCUT2D eigenvalue weighted by atomic mass is 35.5. The molecule has 0 unspecified atom stereocenters.